The molecule has 0 aliphatic heterocycles. The summed E-state index contributed by atoms with van der Waals surface area (Å²) in [4.78, 5) is 11.0. The van der Waals surface area contributed by atoms with Gasteiger partial charge in [-0.1, -0.05) is 0 Å². The van der Waals surface area contributed by atoms with Crippen molar-refractivity contribution < 1.29 is 13.2 Å². The van der Waals surface area contributed by atoms with E-state index < -0.39 is 10.2 Å². The molecule has 0 bridgehead atoms. The molecule has 1 N–H and O–H groups in total. The van der Waals surface area contributed by atoms with Crippen LogP contribution in [-0.2, 0) is 15.0 Å². The van der Waals surface area contributed by atoms with Crippen molar-refractivity contribution in [3.05, 3.63) is 0 Å². The third-order valence-corrected chi connectivity index (χ3v) is 4.78. The largest absolute Gasteiger partial charge is 0.300 e. The van der Waals surface area contributed by atoms with E-state index in [2.05, 4.69) is 4.72 Å². The maximum atomic E-state index is 11.9. The third-order valence-electron chi connectivity index (χ3n) is 2.97. The molecule has 0 amide bonds. The maximum Gasteiger partial charge on any atom is 0.279 e. The number of Topliss-reactive ketones (excluding diaryl/α,β-unsaturated/α-hetero) is 1. The monoisotopic (exact) mass is 248 g/mol. The number of hydrogen-bond acceptors (Lipinski definition) is 3. The van der Waals surface area contributed by atoms with Gasteiger partial charge in [-0.25, -0.2) is 0 Å². The van der Waals surface area contributed by atoms with Crippen molar-refractivity contribution in [2.75, 3.05) is 7.05 Å². The van der Waals surface area contributed by atoms with Crippen molar-refractivity contribution in [2.45, 2.75) is 51.6 Å². The number of hydrogen-bond donors (Lipinski definition) is 1. The van der Waals surface area contributed by atoms with Crippen molar-refractivity contribution in [1.29, 1.82) is 0 Å². The minimum atomic E-state index is -3.40. The van der Waals surface area contributed by atoms with Crippen LogP contribution >= 0.6 is 0 Å². The van der Waals surface area contributed by atoms with Crippen LogP contribution in [0.5, 0.6) is 0 Å². The summed E-state index contributed by atoms with van der Waals surface area (Å²) < 4.78 is 27.7. The summed E-state index contributed by atoms with van der Waals surface area (Å²) in [5.74, 6) is 0.229. The van der Waals surface area contributed by atoms with E-state index in [1.807, 2.05) is 13.8 Å². The molecule has 94 valence electrons. The van der Waals surface area contributed by atoms with Gasteiger partial charge in [-0.15, -0.1) is 0 Å². The highest BCUT2D eigenvalue weighted by molar-refractivity contribution is 7.87. The second-order valence-electron chi connectivity index (χ2n) is 4.55. The quantitative estimate of drug-likeness (QED) is 0.795. The number of nitrogens with one attached hydrogen (secondary N) is 1. The first kappa shape index (κ1) is 13.6. The first-order valence-electron chi connectivity index (χ1n) is 5.60. The topological polar surface area (TPSA) is 66.5 Å². The molecule has 1 aliphatic carbocycles. The van der Waals surface area contributed by atoms with E-state index in [9.17, 15) is 13.2 Å². The number of rotatable bonds is 4. The van der Waals surface area contributed by atoms with Crippen LogP contribution in [0, 0.1) is 0 Å². The summed E-state index contributed by atoms with van der Waals surface area (Å²) in [6.45, 7) is 3.65. The number of carbonyl (C=O) groups is 1. The molecule has 1 aliphatic rings. The Hall–Kier alpha value is -0.460. The smallest absolute Gasteiger partial charge is 0.279 e. The van der Waals surface area contributed by atoms with Gasteiger partial charge in [0.15, 0.2) is 0 Å². The number of nitrogens with zero attached hydrogens (tertiary/aromatic N) is 1. The lowest BCUT2D eigenvalue weighted by Gasteiger charge is -2.27. The van der Waals surface area contributed by atoms with Crippen LogP contribution < -0.4 is 4.72 Å². The predicted molar refractivity (Wildman–Crippen MR) is 62.2 cm³/mol. The Bertz CT molecular complexity index is 341. The molecule has 1 saturated carbocycles. The van der Waals surface area contributed by atoms with Crippen molar-refractivity contribution in [3.63, 3.8) is 0 Å². The SMILES string of the molecule is CC(C)N(C)S(=O)(=O)NC1CCC(=O)CC1. The molecule has 16 heavy (non-hydrogen) atoms. The van der Waals surface area contributed by atoms with Gasteiger partial charge in [0.25, 0.3) is 10.2 Å². The zero-order valence-electron chi connectivity index (χ0n) is 10.1. The molecule has 0 aromatic carbocycles. The van der Waals surface area contributed by atoms with Gasteiger partial charge in [0.05, 0.1) is 0 Å². The summed E-state index contributed by atoms with van der Waals surface area (Å²) in [6, 6.07) is -0.161. The summed E-state index contributed by atoms with van der Waals surface area (Å²) >= 11 is 0. The Kier molecular flexibility index (Phi) is 4.46. The zero-order chi connectivity index (χ0) is 12.3. The second kappa shape index (κ2) is 5.25. The Balaban J connectivity index is 2.56. The van der Waals surface area contributed by atoms with Crippen molar-refractivity contribution >= 4 is 16.0 Å². The van der Waals surface area contributed by atoms with Crippen LogP contribution in [0.3, 0.4) is 0 Å². The lowest BCUT2D eigenvalue weighted by molar-refractivity contribution is -0.120. The van der Waals surface area contributed by atoms with Gasteiger partial charge in [0.2, 0.25) is 0 Å². The van der Waals surface area contributed by atoms with E-state index in [0.717, 1.165) is 0 Å². The molecule has 0 radical (unpaired) electrons. The summed E-state index contributed by atoms with van der Waals surface area (Å²) in [6.07, 6.45) is 2.20. The van der Waals surface area contributed by atoms with Crippen molar-refractivity contribution in [3.8, 4) is 0 Å². The molecule has 0 saturated heterocycles. The highest BCUT2D eigenvalue weighted by Crippen LogP contribution is 2.16. The van der Waals surface area contributed by atoms with Gasteiger partial charge in [-0.05, 0) is 26.7 Å². The minimum absolute atomic E-state index is 0.0669. The fourth-order valence-corrected chi connectivity index (χ4v) is 3.01. The van der Waals surface area contributed by atoms with E-state index >= 15 is 0 Å². The van der Waals surface area contributed by atoms with Crippen LogP contribution in [0.15, 0.2) is 0 Å². The molecule has 0 spiro atoms. The zero-order valence-corrected chi connectivity index (χ0v) is 10.9. The van der Waals surface area contributed by atoms with E-state index in [0.29, 0.717) is 25.7 Å². The predicted octanol–water partition coefficient (Wildman–Crippen LogP) is 0.673. The summed E-state index contributed by atoms with van der Waals surface area (Å²) in [5.41, 5.74) is 0. The molecule has 0 aromatic rings. The number of ketones is 1. The third kappa shape index (κ3) is 3.54. The number of carbonyl (C=O) groups excluding carboxylic acids is 1. The van der Waals surface area contributed by atoms with Gasteiger partial charge in [-0.3, -0.25) is 4.79 Å². The first-order valence-corrected chi connectivity index (χ1v) is 7.04. The van der Waals surface area contributed by atoms with E-state index in [1.165, 1.54) is 4.31 Å². The van der Waals surface area contributed by atoms with Crippen LogP contribution in [0.25, 0.3) is 0 Å². The fraction of sp³-hybridized carbons (Fsp3) is 0.900. The normalized spacial score (nSPS) is 19.7. The summed E-state index contributed by atoms with van der Waals surface area (Å²) in [7, 11) is -1.85. The molecule has 0 heterocycles. The van der Waals surface area contributed by atoms with Crippen LogP contribution in [-0.4, -0.2) is 37.6 Å². The van der Waals surface area contributed by atoms with Crippen LogP contribution in [0.4, 0.5) is 0 Å². The molecule has 0 atom stereocenters. The molecular weight excluding hydrogens is 228 g/mol. The molecule has 5 nitrogen and oxygen atoms in total. The summed E-state index contributed by atoms with van der Waals surface area (Å²) in [5, 5.41) is 0. The standard InChI is InChI=1S/C10H20N2O3S/c1-8(2)12(3)16(14,15)11-9-4-6-10(13)7-5-9/h8-9,11H,4-7H2,1-3H3. The second-order valence-corrected chi connectivity index (χ2v) is 6.31. The Morgan fingerprint density at radius 1 is 1.31 bits per heavy atom. The Labute approximate surface area is 97.4 Å². The lowest BCUT2D eigenvalue weighted by Crippen LogP contribution is -2.47. The molecule has 6 heteroatoms. The van der Waals surface area contributed by atoms with Gasteiger partial charge < -0.3 is 0 Å². The van der Waals surface area contributed by atoms with E-state index in [4.69, 9.17) is 0 Å². The van der Waals surface area contributed by atoms with Crippen LogP contribution in [0.1, 0.15) is 39.5 Å². The lowest BCUT2D eigenvalue weighted by atomic mass is 9.95. The average molecular weight is 248 g/mol. The minimum Gasteiger partial charge on any atom is -0.300 e. The van der Waals surface area contributed by atoms with Gasteiger partial charge >= 0.3 is 0 Å². The van der Waals surface area contributed by atoms with Gasteiger partial charge in [0, 0.05) is 32.0 Å². The van der Waals surface area contributed by atoms with Gasteiger partial charge in [0.1, 0.15) is 5.78 Å². The Morgan fingerprint density at radius 3 is 2.25 bits per heavy atom. The van der Waals surface area contributed by atoms with Crippen molar-refractivity contribution in [1.82, 2.24) is 9.03 Å². The maximum absolute atomic E-state index is 11.9. The van der Waals surface area contributed by atoms with Crippen molar-refractivity contribution in [2.24, 2.45) is 0 Å². The van der Waals surface area contributed by atoms with Crippen LogP contribution in [0.2, 0.25) is 0 Å². The molecule has 1 fully saturated rings. The first-order chi connectivity index (χ1) is 7.33. The highest BCUT2D eigenvalue weighted by Gasteiger charge is 2.26. The molecule has 1 rings (SSSR count). The molecule has 0 aromatic heterocycles. The fourth-order valence-electron chi connectivity index (χ4n) is 1.63. The van der Waals surface area contributed by atoms with Gasteiger partial charge in [-0.2, -0.15) is 17.4 Å². The highest BCUT2D eigenvalue weighted by atomic mass is 32.2. The van der Waals surface area contributed by atoms with E-state index in [1.54, 1.807) is 7.05 Å². The average Bonchev–Trinajstić information content (AvgIpc) is 2.20. The van der Waals surface area contributed by atoms with E-state index in [-0.39, 0.29) is 17.9 Å². The molecular formula is C10H20N2O3S. The Morgan fingerprint density at radius 2 is 1.81 bits per heavy atom. The molecule has 0 unspecified atom stereocenters.